The maximum atomic E-state index is 12.7. The number of amides is 1. The smallest absolute Gasteiger partial charge is 0.339 e. The van der Waals surface area contributed by atoms with Crippen molar-refractivity contribution < 1.29 is 4.79 Å². The van der Waals surface area contributed by atoms with E-state index in [0.717, 1.165) is 19.6 Å². The highest BCUT2D eigenvalue weighted by molar-refractivity contribution is 5.85. The topological polar surface area (TPSA) is 62.9 Å². The van der Waals surface area contributed by atoms with Crippen LogP contribution in [0.25, 0.3) is 16.4 Å². The largest absolute Gasteiger partial charge is 0.350 e. The van der Waals surface area contributed by atoms with Crippen molar-refractivity contribution in [1.82, 2.24) is 24.0 Å². The van der Waals surface area contributed by atoms with Crippen LogP contribution in [0.2, 0.25) is 0 Å². The predicted molar refractivity (Wildman–Crippen MR) is 115 cm³/mol. The SMILES string of the molecule is O=C(Cn1nc2ccccn2c1=O)N1CCN(Cc2cccc3ccccc23)CC1. The number of piperazine rings is 1. The Hall–Kier alpha value is -3.45. The van der Waals surface area contributed by atoms with Crippen LogP contribution in [0.4, 0.5) is 0 Å². The minimum Gasteiger partial charge on any atom is -0.339 e. The molecule has 0 unspecified atom stereocenters. The lowest BCUT2D eigenvalue weighted by Crippen LogP contribution is -2.49. The quantitative estimate of drug-likeness (QED) is 0.525. The van der Waals surface area contributed by atoms with Crippen molar-refractivity contribution in [3.63, 3.8) is 0 Å². The molecular weight excluding hydrogens is 378 g/mol. The molecule has 2 aromatic carbocycles. The first-order valence-corrected chi connectivity index (χ1v) is 10.2. The third kappa shape index (κ3) is 3.48. The second kappa shape index (κ2) is 7.76. The Bertz CT molecular complexity index is 1260. The molecule has 2 aromatic heterocycles. The summed E-state index contributed by atoms with van der Waals surface area (Å²) in [6.45, 7) is 3.79. The van der Waals surface area contributed by atoms with E-state index in [2.05, 4.69) is 52.5 Å². The number of hydrogen-bond donors (Lipinski definition) is 0. The minimum absolute atomic E-state index is 0.0240. The van der Waals surface area contributed by atoms with Crippen LogP contribution in [0.1, 0.15) is 5.56 Å². The zero-order chi connectivity index (χ0) is 20.5. The lowest BCUT2D eigenvalue weighted by Gasteiger charge is -2.34. The Balaban J connectivity index is 1.22. The summed E-state index contributed by atoms with van der Waals surface area (Å²) in [6, 6.07) is 20.2. The van der Waals surface area contributed by atoms with Gasteiger partial charge in [0.25, 0.3) is 0 Å². The van der Waals surface area contributed by atoms with E-state index < -0.39 is 0 Å². The molecule has 0 aliphatic carbocycles. The number of pyridine rings is 1. The number of benzene rings is 2. The number of rotatable bonds is 4. The van der Waals surface area contributed by atoms with Crippen LogP contribution in [-0.2, 0) is 17.9 Å². The van der Waals surface area contributed by atoms with Crippen molar-refractivity contribution >= 4 is 22.3 Å². The molecule has 0 bridgehead atoms. The Labute approximate surface area is 173 Å². The van der Waals surface area contributed by atoms with Gasteiger partial charge in [0, 0.05) is 38.9 Å². The fraction of sp³-hybridized carbons (Fsp3) is 0.261. The molecule has 0 atom stereocenters. The van der Waals surface area contributed by atoms with E-state index in [9.17, 15) is 9.59 Å². The highest BCUT2D eigenvalue weighted by atomic mass is 16.2. The number of carbonyl (C=O) groups is 1. The Kier molecular flexibility index (Phi) is 4.80. The highest BCUT2D eigenvalue weighted by Crippen LogP contribution is 2.20. The standard InChI is InChI=1S/C23H23N5O2/c29-22(17-28-23(30)27-11-4-3-10-21(27)24-28)26-14-12-25(13-15-26)16-19-8-5-7-18-6-1-2-9-20(18)19/h1-11H,12-17H2. The summed E-state index contributed by atoms with van der Waals surface area (Å²) in [5, 5.41) is 6.79. The number of aromatic nitrogens is 3. The zero-order valence-electron chi connectivity index (χ0n) is 16.6. The molecule has 7 nitrogen and oxygen atoms in total. The van der Waals surface area contributed by atoms with E-state index in [4.69, 9.17) is 0 Å². The lowest BCUT2D eigenvalue weighted by molar-refractivity contribution is -0.133. The van der Waals surface area contributed by atoms with Gasteiger partial charge in [-0.05, 0) is 28.5 Å². The average Bonchev–Trinajstić information content (AvgIpc) is 3.10. The summed E-state index contributed by atoms with van der Waals surface area (Å²) in [5.41, 5.74) is 1.58. The summed E-state index contributed by atoms with van der Waals surface area (Å²) >= 11 is 0. The first-order valence-electron chi connectivity index (χ1n) is 10.2. The first-order chi connectivity index (χ1) is 14.7. The van der Waals surface area contributed by atoms with Gasteiger partial charge in [-0.1, -0.05) is 48.5 Å². The van der Waals surface area contributed by atoms with Crippen LogP contribution >= 0.6 is 0 Å². The van der Waals surface area contributed by atoms with Gasteiger partial charge in [-0.3, -0.25) is 14.1 Å². The predicted octanol–water partition coefficient (Wildman–Crippen LogP) is 1.99. The van der Waals surface area contributed by atoms with E-state index in [1.54, 1.807) is 18.3 Å². The fourth-order valence-electron chi connectivity index (χ4n) is 4.13. The average molecular weight is 401 g/mol. The molecule has 1 saturated heterocycles. The minimum atomic E-state index is -0.284. The summed E-state index contributed by atoms with van der Waals surface area (Å²) in [4.78, 5) is 29.3. The van der Waals surface area contributed by atoms with E-state index in [1.807, 2.05) is 11.0 Å². The molecule has 1 fully saturated rings. The van der Waals surface area contributed by atoms with Gasteiger partial charge < -0.3 is 4.90 Å². The summed E-state index contributed by atoms with van der Waals surface area (Å²) < 4.78 is 2.70. The van der Waals surface area contributed by atoms with Gasteiger partial charge in [-0.15, -0.1) is 5.10 Å². The number of carbonyl (C=O) groups excluding carboxylic acids is 1. The Morgan fingerprint density at radius 2 is 1.67 bits per heavy atom. The van der Waals surface area contributed by atoms with Crippen molar-refractivity contribution in [2.45, 2.75) is 13.1 Å². The van der Waals surface area contributed by atoms with Gasteiger partial charge in [0.05, 0.1) is 0 Å². The maximum Gasteiger partial charge on any atom is 0.350 e. The molecule has 1 aliphatic heterocycles. The van der Waals surface area contributed by atoms with Gasteiger partial charge in [-0.2, -0.15) is 0 Å². The van der Waals surface area contributed by atoms with E-state index in [1.165, 1.54) is 25.4 Å². The van der Waals surface area contributed by atoms with Crippen molar-refractivity contribution in [3.8, 4) is 0 Å². The van der Waals surface area contributed by atoms with Crippen LogP contribution in [0, 0.1) is 0 Å². The molecule has 4 aromatic rings. The number of nitrogens with zero attached hydrogens (tertiary/aromatic N) is 5. The van der Waals surface area contributed by atoms with Crippen molar-refractivity contribution in [2.75, 3.05) is 26.2 Å². The Morgan fingerprint density at radius 1 is 0.900 bits per heavy atom. The molecular formula is C23H23N5O2. The summed E-state index contributed by atoms with van der Waals surface area (Å²) in [5.74, 6) is -0.0645. The molecule has 0 radical (unpaired) electrons. The molecule has 30 heavy (non-hydrogen) atoms. The normalized spacial score (nSPS) is 15.1. The van der Waals surface area contributed by atoms with Crippen molar-refractivity contribution in [1.29, 1.82) is 0 Å². The zero-order valence-corrected chi connectivity index (χ0v) is 16.6. The molecule has 0 spiro atoms. The second-order valence-corrected chi connectivity index (χ2v) is 7.66. The van der Waals surface area contributed by atoms with E-state index in [-0.39, 0.29) is 18.1 Å². The van der Waals surface area contributed by atoms with Crippen molar-refractivity contribution in [3.05, 3.63) is 82.9 Å². The maximum absolute atomic E-state index is 12.7. The summed E-state index contributed by atoms with van der Waals surface area (Å²) in [7, 11) is 0. The van der Waals surface area contributed by atoms with Crippen LogP contribution in [0.5, 0.6) is 0 Å². The van der Waals surface area contributed by atoms with E-state index >= 15 is 0 Å². The Morgan fingerprint density at radius 3 is 2.50 bits per heavy atom. The number of fused-ring (bicyclic) bond motifs is 2. The van der Waals surface area contributed by atoms with Crippen LogP contribution in [-0.4, -0.2) is 56.1 Å². The van der Waals surface area contributed by atoms with Crippen molar-refractivity contribution in [2.24, 2.45) is 0 Å². The van der Waals surface area contributed by atoms with Gasteiger partial charge in [0.2, 0.25) is 5.91 Å². The molecule has 0 N–H and O–H groups in total. The van der Waals surface area contributed by atoms with Gasteiger partial charge in [-0.25, -0.2) is 9.48 Å². The van der Waals surface area contributed by atoms with E-state index in [0.29, 0.717) is 18.7 Å². The third-order valence-electron chi connectivity index (χ3n) is 5.77. The van der Waals surface area contributed by atoms with Crippen LogP contribution < -0.4 is 5.69 Å². The molecule has 0 saturated carbocycles. The monoisotopic (exact) mass is 401 g/mol. The second-order valence-electron chi connectivity index (χ2n) is 7.66. The van der Waals surface area contributed by atoms with Crippen LogP contribution in [0.3, 0.4) is 0 Å². The third-order valence-corrected chi connectivity index (χ3v) is 5.77. The van der Waals surface area contributed by atoms with Gasteiger partial charge in [0.1, 0.15) is 6.54 Å². The molecule has 1 aliphatic rings. The van der Waals surface area contributed by atoms with Gasteiger partial charge >= 0.3 is 5.69 Å². The summed E-state index contributed by atoms with van der Waals surface area (Å²) in [6.07, 6.45) is 1.66. The molecule has 152 valence electrons. The molecule has 7 heteroatoms. The molecule has 5 rings (SSSR count). The molecule has 3 heterocycles. The fourth-order valence-corrected chi connectivity index (χ4v) is 4.13. The molecule has 1 amide bonds. The van der Waals surface area contributed by atoms with Gasteiger partial charge in [0.15, 0.2) is 5.65 Å². The highest BCUT2D eigenvalue weighted by Gasteiger charge is 2.22. The lowest BCUT2D eigenvalue weighted by atomic mass is 10.0. The number of hydrogen-bond acceptors (Lipinski definition) is 4. The van der Waals surface area contributed by atoms with Crippen LogP contribution in [0.15, 0.2) is 71.7 Å². The first kappa shape index (κ1) is 18.6.